The summed E-state index contributed by atoms with van der Waals surface area (Å²) >= 11 is 0. The van der Waals surface area contributed by atoms with Crippen molar-refractivity contribution in [1.82, 2.24) is 4.98 Å². The molecule has 0 unspecified atom stereocenters. The van der Waals surface area contributed by atoms with Crippen LogP contribution in [0.1, 0.15) is 22.3 Å². The van der Waals surface area contributed by atoms with Gasteiger partial charge in [-0.05, 0) is 0 Å². The second-order valence-electron chi connectivity index (χ2n) is 2.61. The van der Waals surface area contributed by atoms with Gasteiger partial charge in [0.2, 0.25) is 0 Å². The van der Waals surface area contributed by atoms with Crippen LogP contribution in [0.15, 0.2) is 6.20 Å². The second-order valence-corrected chi connectivity index (χ2v) is 2.61. The minimum absolute atomic E-state index is 0.511. The van der Waals surface area contributed by atoms with Crippen molar-refractivity contribution in [1.29, 1.82) is 0 Å². The summed E-state index contributed by atoms with van der Waals surface area (Å²) in [4.78, 5) is 14.4. The van der Waals surface area contributed by atoms with E-state index < -0.39 is 35.1 Å². The van der Waals surface area contributed by atoms with Gasteiger partial charge in [-0.15, -0.1) is 0 Å². The minimum Gasteiger partial charge on any atom is -0.505 e. The Kier molecular flexibility index (Phi) is 3.03. The zero-order chi connectivity index (χ0) is 11.6. The largest absolute Gasteiger partial charge is 0.505 e. The lowest BCUT2D eigenvalue weighted by Crippen LogP contribution is -2.10. The molecular weight excluding hydrogens is 210 g/mol. The van der Waals surface area contributed by atoms with Gasteiger partial charge in [0.1, 0.15) is 17.1 Å². The number of hydrogen-bond donors (Lipinski definition) is 2. The van der Waals surface area contributed by atoms with Crippen molar-refractivity contribution in [3.63, 3.8) is 0 Å². The van der Waals surface area contributed by atoms with Crippen molar-refractivity contribution in [3.8, 4) is 5.75 Å². The van der Waals surface area contributed by atoms with Gasteiger partial charge in [0.25, 0.3) is 6.43 Å². The van der Waals surface area contributed by atoms with E-state index in [1.807, 2.05) is 0 Å². The summed E-state index contributed by atoms with van der Waals surface area (Å²) in [5, 5.41) is 9.21. The fraction of sp³-hybridized carbons (Fsp3) is 0.250. The number of pyridine rings is 1. The maximum absolute atomic E-state index is 12.5. The molecule has 7 heteroatoms. The number of rotatable bonds is 2. The number of carbonyl (C=O) groups is 1. The predicted molar refractivity (Wildman–Crippen MR) is 46.6 cm³/mol. The van der Waals surface area contributed by atoms with Crippen molar-refractivity contribution >= 4 is 11.8 Å². The van der Waals surface area contributed by atoms with Gasteiger partial charge in [0, 0.05) is 0 Å². The molecule has 1 heterocycles. The maximum Gasteiger partial charge on any atom is 0.342 e. The van der Waals surface area contributed by atoms with Crippen molar-refractivity contribution in [2.45, 2.75) is 6.43 Å². The van der Waals surface area contributed by atoms with Gasteiger partial charge >= 0.3 is 5.97 Å². The van der Waals surface area contributed by atoms with Crippen LogP contribution in [0.3, 0.4) is 0 Å². The molecule has 0 aliphatic rings. The number of carbonyl (C=O) groups excluding carboxylic acids is 1. The van der Waals surface area contributed by atoms with Crippen LogP contribution in [-0.4, -0.2) is 23.2 Å². The fourth-order valence-electron chi connectivity index (χ4n) is 1.07. The Morgan fingerprint density at radius 1 is 1.67 bits per heavy atom. The zero-order valence-electron chi connectivity index (χ0n) is 7.70. The summed E-state index contributed by atoms with van der Waals surface area (Å²) in [7, 11) is 1.01. The Bertz CT molecular complexity index is 396. The van der Waals surface area contributed by atoms with Crippen LogP contribution in [-0.2, 0) is 4.74 Å². The van der Waals surface area contributed by atoms with Crippen LogP contribution in [0.5, 0.6) is 5.75 Å². The summed E-state index contributed by atoms with van der Waals surface area (Å²) in [6, 6.07) is 0. The lowest BCUT2D eigenvalue weighted by atomic mass is 10.1. The average molecular weight is 218 g/mol. The molecule has 0 amide bonds. The summed E-state index contributed by atoms with van der Waals surface area (Å²) < 4.78 is 29.3. The highest BCUT2D eigenvalue weighted by atomic mass is 19.3. The highest BCUT2D eigenvalue weighted by Crippen LogP contribution is 2.32. The Morgan fingerprint density at radius 3 is 2.73 bits per heavy atom. The lowest BCUT2D eigenvalue weighted by molar-refractivity contribution is 0.0585. The van der Waals surface area contributed by atoms with Gasteiger partial charge in [0.15, 0.2) is 0 Å². The third-order valence-electron chi connectivity index (χ3n) is 1.74. The molecule has 0 bridgehead atoms. The molecule has 0 radical (unpaired) electrons. The first-order chi connectivity index (χ1) is 6.99. The Balaban J connectivity index is 3.45. The molecule has 0 saturated heterocycles. The van der Waals surface area contributed by atoms with Crippen molar-refractivity contribution in [2.75, 3.05) is 12.8 Å². The molecule has 0 aromatic carbocycles. The average Bonchev–Trinajstić information content (AvgIpc) is 2.19. The van der Waals surface area contributed by atoms with E-state index >= 15 is 0 Å². The highest BCUT2D eigenvalue weighted by Gasteiger charge is 2.26. The Labute approximate surface area is 83.5 Å². The molecule has 82 valence electrons. The third-order valence-corrected chi connectivity index (χ3v) is 1.74. The quantitative estimate of drug-likeness (QED) is 0.726. The summed E-state index contributed by atoms with van der Waals surface area (Å²) in [5.74, 6) is -2.29. The normalized spacial score (nSPS) is 10.4. The lowest BCUT2D eigenvalue weighted by Gasteiger charge is -2.10. The highest BCUT2D eigenvalue weighted by molar-refractivity contribution is 5.95. The van der Waals surface area contributed by atoms with E-state index in [4.69, 9.17) is 5.73 Å². The number of ether oxygens (including phenoxy) is 1. The van der Waals surface area contributed by atoms with E-state index in [0.717, 1.165) is 13.3 Å². The molecule has 3 N–H and O–H groups in total. The number of esters is 1. The number of aromatic nitrogens is 1. The molecule has 5 nitrogen and oxygen atoms in total. The SMILES string of the molecule is COC(=O)c1c(O)cnc(N)c1C(F)F. The van der Waals surface area contributed by atoms with Crippen LogP contribution in [0.4, 0.5) is 14.6 Å². The van der Waals surface area contributed by atoms with Gasteiger partial charge < -0.3 is 15.6 Å². The number of alkyl halides is 2. The predicted octanol–water partition coefficient (Wildman–Crippen LogP) is 1.09. The van der Waals surface area contributed by atoms with Gasteiger partial charge in [-0.3, -0.25) is 0 Å². The Hall–Kier alpha value is -1.92. The first kappa shape index (κ1) is 11.2. The third kappa shape index (κ3) is 1.95. The minimum atomic E-state index is -3.02. The molecule has 1 aromatic heterocycles. The number of methoxy groups -OCH3 is 1. The summed E-state index contributed by atoms with van der Waals surface area (Å²) in [6.07, 6.45) is -2.20. The van der Waals surface area contributed by atoms with E-state index in [0.29, 0.717) is 0 Å². The second kappa shape index (κ2) is 4.07. The molecule has 0 fully saturated rings. The fourth-order valence-corrected chi connectivity index (χ4v) is 1.07. The van der Waals surface area contributed by atoms with Gasteiger partial charge in [-0.2, -0.15) is 0 Å². The van der Waals surface area contributed by atoms with Crippen LogP contribution in [0.25, 0.3) is 0 Å². The molecule has 1 rings (SSSR count). The summed E-state index contributed by atoms with van der Waals surface area (Å²) in [5.41, 5.74) is 3.70. The molecule has 1 aromatic rings. The van der Waals surface area contributed by atoms with Gasteiger partial charge in [-0.25, -0.2) is 18.6 Å². The summed E-state index contributed by atoms with van der Waals surface area (Å²) in [6.45, 7) is 0. The number of nitrogens with zero attached hydrogens (tertiary/aromatic N) is 1. The van der Waals surface area contributed by atoms with Gasteiger partial charge in [-0.1, -0.05) is 0 Å². The standard InChI is InChI=1S/C8H8F2N2O3/c1-15-8(14)4-3(13)2-12-7(11)5(4)6(9)10/h2,6,13H,1H3,(H2,11,12). The van der Waals surface area contributed by atoms with E-state index in [9.17, 15) is 18.7 Å². The van der Waals surface area contributed by atoms with Crippen LogP contribution < -0.4 is 5.73 Å². The molecular formula is C8H8F2N2O3. The van der Waals surface area contributed by atoms with Crippen LogP contribution in [0.2, 0.25) is 0 Å². The molecule has 0 saturated carbocycles. The number of nitrogens with two attached hydrogens (primary N) is 1. The van der Waals surface area contributed by atoms with Crippen LogP contribution >= 0.6 is 0 Å². The molecule has 0 aliphatic carbocycles. The van der Waals surface area contributed by atoms with E-state index in [-0.39, 0.29) is 0 Å². The number of anilines is 1. The molecule has 15 heavy (non-hydrogen) atoms. The monoisotopic (exact) mass is 218 g/mol. The number of aromatic hydroxyl groups is 1. The first-order valence-corrected chi connectivity index (χ1v) is 3.82. The van der Waals surface area contributed by atoms with E-state index in [1.54, 1.807) is 0 Å². The Morgan fingerprint density at radius 2 is 2.27 bits per heavy atom. The molecule has 0 atom stereocenters. The van der Waals surface area contributed by atoms with Crippen LogP contribution in [0, 0.1) is 0 Å². The molecule has 0 aliphatic heterocycles. The topological polar surface area (TPSA) is 85.4 Å². The maximum atomic E-state index is 12.5. The van der Waals surface area contributed by atoms with E-state index in [2.05, 4.69) is 9.72 Å². The zero-order valence-corrected chi connectivity index (χ0v) is 7.70. The smallest absolute Gasteiger partial charge is 0.342 e. The number of hydrogen-bond acceptors (Lipinski definition) is 5. The molecule has 0 spiro atoms. The van der Waals surface area contributed by atoms with Crippen molar-refractivity contribution < 1.29 is 23.4 Å². The van der Waals surface area contributed by atoms with Gasteiger partial charge in [0.05, 0.1) is 18.9 Å². The number of nitrogen functional groups attached to an aromatic ring is 1. The van der Waals surface area contributed by atoms with Crippen molar-refractivity contribution in [3.05, 3.63) is 17.3 Å². The number of halogens is 2. The van der Waals surface area contributed by atoms with E-state index in [1.165, 1.54) is 0 Å². The van der Waals surface area contributed by atoms with Crippen molar-refractivity contribution in [2.24, 2.45) is 0 Å². The first-order valence-electron chi connectivity index (χ1n) is 3.82.